The molecule has 0 fully saturated rings. The Hall–Kier alpha value is -1.07. The summed E-state index contributed by atoms with van der Waals surface area (Å²) < 4.78 is 0. The normalized spacial score (nSPS) is 12.4. The third kappa shape index (κ3) is 5.50. The Bertz CT molecular complexity index is 646. The van der Waals surface area contributed by atoms with E-state index in [0.29, 0.717) is 16.6 Å². The van der Waals surface area contributed by atoms with Crippen LogP contribution in [0.4, 0.5) is 0 Å². The fourth-order valence-corrected chi connectivity index (χ4v) is 3.64. The van der Waals surface area contributed by atoms with Crippen LogP contribution < -0.4 is 5.32 Å². The van der Waals surface area contributed by atoms with Gasteiger partial charge in [0, 0.05) is 21.5 Å². The molecule has 3 nitrogen and oxygen atoms in total. The van der Waals surface area contributed by atoms with Crippen LogP contribution in [0.15, 0.2) is 35.7 Å². The van der Waals surface area contributed by atoms with Gasteiger partial charge in [-0.2, -0.15) is 0 Å². The Morgan fingerprint density at radius 3 is 2.74 bits per heavy atom. The van der Waals surface area contributed by atoms with Gasteiger partial charge in [-0.05, 0) is 42.6 Å². The molecule has 0 aliphatic heterocycles. The number of nitrogens with zero attached hydrogens (tertiary/aromatic N) is 1. The van der Waals surface area contributed by atoms with Crippen LogP contribution >= 0.6 is 34.5 Å². The number of thiophene rings is 1. The molecule has 0 aliphatic rings. The molecule has 0 bridgehead atoms. The summed E-state index contributed by atoms with van der Waals surface area (Å²) in [6.07, 6.45) is 0. The lowest BCUT2D eigenvalue weighted by molar-refractivity contribution is -0.123. The topological polar surface area (TPSA) is 32.3 Å². The Balaban J connectivity index is 1.92. The van der Waals surface area contributed by atoms with Gasteiger partial charge in [0.15, 0.2) is 0 Å². The number of carbonyl (C=O) groups is 1. The summed E-state index contributed by atoms with van der Waals surface area (Å²) in [5.41, 5.74) is 0.866. The number of benzene rings is 1. The molecule has 1 aromatic heterocycles. The van der Waals surface area contributed by atoms with E-state index in [-0.39, 0.29) is 11.9 Å². The number of hydrogen-bond acceptors (Lipinski definition) is 3. The summed E-state index contributed by atoms with van der Waals surface area (Å²) in [5, 5.41) is 6.20. The molecule has 0 saturated carbocycles. The fourth-order valence-electron chi connectivity index (χ4n) is 2.32. The standard InChI is InChI=1S/C17H20Cl2N2OS/c1-3-21(10-14-5-4-8-23-14)11-17(22)20-12(2)15-7-6-13(18)9-16(15)19/h4-9,12H,3,10-11H2,1-2H3,(H,20,22)/t12-/m1/s1. The van der Waals surface area contributed by atoms with Gasteiger partial charge < -0.3 is 5.32 Å². The number of nitrogens with one attached hydrogen (secondary N) is 1. The van der Waals surface area contributed by atoms with Gasteiger partial charge in [0.2, 0.25) is 5.91 Å². The monoisotopic (exact) mass is 370 g/mol. The molecule has 0 radical (unpaired) electrons. The summed E-state index contributed by atoms with van der Waals surface area (Å²) in [6.45, 7) is 5.95. The van der Waals surface area contributed by atoms with E-state index in [0.717, 1.165) is 18.7 Å². The summed E-state index contributed by atoms with van der Waals surface area (Å²) in [6, 6.07) is 9.27. The first kappa shape index (κ1) is 18.3. The van der Waals surface area contributed by atoms with Crippen molar-refractivity contribution in [3.05, 3.63) is 56.2 Å². The molecule has 1 aromatic carbocycles. The Labute approximate surface area is 151 Å². The number of carbonyl (C=O) groups excluding carboxylic acids is 1. The Kier molecular flexibility index (Phi) is 6.90. The van der Waals surface area contributed by atoms with E-state index in [1.807, 2.05) is 24.4 Å². The summed E-state index contributed by atoms with van der Waals surface area (Å²) in [5.74, 6) is -0.0121. The summed E-state index contributed by atoms with van der Waals surface area (Å²) in [7, 11) is 0. The second-order valence-electron chi connectivity index (χ2n) is 5.34. The van der Waals surface area contributed by atoms with Gasteiger partial charge in [0.05, 0.1) is 12.6 Å². The second-order valence-corrected chi connectivity index (χ2v) is 7.21. The Morgan fingerprint density at radius 2 is 2.13 bits per heavy atom. The van der Waals surface area contributed by atoms with Crippen molar-refractivity contribution in [1.82, 2.24) is 10.2 Å². The van der Waals surface area contributed by atoms with Gasteiger partial charge in [-0.25, -0.2) is 0 Å². The van der Waals surface area contributed by atoms with Crippen LogP contribution in [0, 0.1) is 0 Å². The highest BCUT2D eigenvalue weighted by Crippen LogP contribution is 2.26. The second kappa shape index (κ2) is 8.69. The van der Waals surface area contributed by atoms with Crippen LogP contribution in [0.25, 0.3) is 0 Å². The smallest absolute Gasteiger partial charge is 0.234 e. The first-order chi connectivity index (χ1) is 11.0. The van der Waals surface area contributed by atoms with Crippen molar-refractivity contribution in [1.29, 1.82) is 0 Å². The van der Waals surface area contributed by atoms with Crippen LogP contribution in [0.1, 0.15) is 30.3 Å². The van der Waals surface area contributed by atoms with Crippen LogP contribution in [-0.2, 0) is 11.3 Å². The van der Waals surface area contributed by atoms with Crippen molar-refractivity contribution in [2.75, 3.05) is 13.1 Å². The highest BCUT2D eigenvalue weighted by atomic mass is 35.5. The molecule has 0 saturated heterocycles. The predicted octanol–water partition coefficient (Wildman–Crippen LogP) is 4.75. The van der Waals surface area contributed by atoms with Crippen molar-refractivity contribution >= 4 is 40.4 Å². The fraction of sp³-hybridized carbons (Fsp3) is 0.353. The number of likely N-dealkylation sites (N-methyl/N-ethyl adjacent to an activating group) is 1. The summed E-state index contributed by atoms with van der Waals surface area (Å²) >= 11 is 13.8. The number of hydrogen-bond donors (Lipinski definition) is 1. The molecule has 1 amide bonds. The van der Waals surface area contributed by atoms with Crippen molar-refractivity contribution in [3.63, 3.8) is 0 Å². The molecule has 1 heterocycles. The molecule has 1 atom stereocenters. The Morgan fingerprint density at radius 1 is 1.35 bits per heavy atom. The van der Waals surface area contributed by atoms with Crippen molar-refractivity contribution in [2.24, 2.45) is 0 Å². The van der Waals surface area contributed by atoms with E-state index in [2.05, 4.69) is 23.2 Å². The molecule has 0 spiro atoms. The molecular formula is C17H20Cl2N2OS. The highest BCUT2D eigenvalue weighted by Gasteiger charge is 2.15. The molecule has 23 heavy (non-hydrogen) atoms. The maximum absolute atomic E-state index is 12.3. The van der Waals surface area contributed by atoms with Crippen LogP contribution in [-0.4, -0.2) is 23.9 Å². The lowest BCUT2D eigenvalue weighted by atomic mass is 10.1. The SMILES string of the molecule is CCN(CC(=O)N[C@H](C)c1ccc(Cl)cc1Cl)Cc1cccs1. The third-order valence-corrected chi connectivity index (χ3v) is 5.00. The largest absolute Gasteiger partial charge is 0.348 e. The van der Waals surface area contributed by atoms with Gasteiger partial charge in [0.1, 0.15) is 0 Å². The first-order valence-corrected chi connectivity index (χ1v) is 9.12. The van der Waals surface area contributed by atoms with Crippen molar-refractivity contribution < 1.29 is 4.79 Å². The number of rotatable bonds is 7. The zero-order chi connectivity index (χ0) is 16.8. The van der Waals surface area contributed by atoms with Crippen LogP contribution in [0.3, 0.4) is 0 Å². The number of halogens is 2. The van der Waals surface area contributed by atoms with Gasteiger partial charge >= 0.3 is 0 Å². The molecular weight excluding hydrogens is 351 g/mol. The average molecular weight is 371 g/mol. The molecule has 2 aromatic rings. The van der Waals surface area contributed by atoms with E-state index < -0.39 is 0 Å². The molecule has 2 rings (SSSR count). The quantitative estimate of drug-likeness (QED) is 0.762. The van der Waals surface area contributed by atoms with Gasteiger partial charge in [0.25, 0.3) is 0 Å². The number of amides is 1. The van der Waals surface area contributed by atoms with E-state index >= 15 is 0 Å². The first-order valence-electron chi connectivity index (χ1n) is 7.48. The van der Waals surface area contributed by atoms with Gasteiger partial charge in [-0.3, -0.25) is 9.69 Å². The zero-order valence-corrected chi connectivity index (χ0v) is 15.5. The minimum Gasteiger partial charge on any atom is -0.348 e. The van der Waals surface area contributed by atoms with Crippen LogP contribution in [0.2, 0.25) is 10.0 Å². The molecule has 1 N–H and O–H groups in total. The minimum atomic E-state index is -0.160. The highest BCUT2D eigenvalue weighted by molar-refractivity contribution is 7.09. The van der Waals surface area contributed by atoms with Crippen molar-refractivity contribution in [2.45, 2.75) is 26.4 Å². The van der Waals surface area contributed by atoms with E-state index in [1.165, 1.54) is 4.88 Å². The molecule has 6 heteroatoms. The van der Waals surface area contributed by atoms with Gasteiger partial charge in [-0.1, -0.05) is 42.3 Å². The third-order valence-electron chi connectivity index (χ3n) is 3.58. The van der Waals surface area contributed by atoms with E-state index in [1.54, 1.807) is 23.5 Å². The van der Waals surface area contributed by atoms with E-state index in [4.69, 9.17) is 23.2 Å². The molecule has 0 unspecified atom stereocenters. The molecule has 0 aliphatic carbocycles. The average Bonchev–Trinajstić information content (AvgIpc) is 2.99. The maximum Gasteiger partial charge on any atom is 0.234 e. The van der Waals surface area contributed by atoms with Crippen molar-refractivity contribution in [3.8, 4) is 0 Å². The van der Waals surface area contributed by atoms with E-state index in [9.17, 15) is 4.79 Å². The predicted molar refractivity (Wildman–Crippen MR) is 98.3 cm³/mol. The zero-order valence-electron chi connectivity index (χ0n) is 13.2. The summed E-state index contributed by atoms with van der Waals surface area (Å²) in [4.78, 5) is 15.7. The van der Waals surface area contributed by atoms with Gasteiger partial charge in [-0.15, -0.1) is 11.3 Å². The minimum absolute atomic E-state index is 0.0121. The lowest BCUT2D eigenvalue weighted by Gasteiger charge is -2.21. The maximum atomic E-state index is 12.3. The molecule has 124 valence electrons. The van der Waals surface area contributed by atoms with Crippen LogP contribution in [0.5, 0.6) is 0 Å². The lowest BCUT2D eigenvalue weighted by Crippen LogP contribution is -2.37.